The lowest BCUT2D eigenvalue weighted by atomic mass is 9.89. The summed E-state index contributed by atoms with van der Waals surface area (Å²) in [5, 5.41) is 4.32. The van der Waals surface area contributed by atoms with E-state index in [0.717, 1.165) is 27.5 Å². The first-order chi connectivity index (χ1) is 19.5. The summed E-state index contributed by atoms with van der Waals surface area (Å²) in [4.78, 5) is 50.8. The standard InChI is InChI=1S/C34H16O4S2/c35-31-27-15-23-21(13-11-19-7-3-1-4-8-19)24-16-28-30(34(38)40-32(28)36)18-26(24)22(14-12-20-9-5-2-6-10-20)25(23)17-29(27)33(37)39-31/h1-11,13,15-18H. The molecule has 4 nitrogen and oxygen atoms in total. The van der Waals surface area contributed by atoms with Crippen LogP contribution in [0.15, 0.2) is 104 Å². The maximum atomic E-state index is 12.7. The lowest BCUT2D eigenvalue weighted by Gasteiger charge is -2.13. The average molecular weight is 553 g/mol. The monoisotopic (exact) mass is 552 g/mol. The van der Waals surface area contributed by atoms with Crippen LogP contribution in [0, 0.1) is 11.8 Å². The van der Waals surface area contributed by atoms with Gasteiger partial charge < -0.3 is 0 Å². The van der Waals surface area contributed by atoms with Gasteiger partial charge in [-0.25, -0.2) is 0 Å². The smallest absolute Gasteiger partial charge is 0.243 e. The third-order valence-electron chi connectivity index (χ3n) is 7.03. The van der Waals surface area contributed by atoms with Crippen molar-refractivity contribution in [2.45, 2.75) is 0 Å². The number of fused-ring (bicyclic) bond motifs is 4. The molecule has 0 atom stereocenters. The lowest BCUT2D eigenvalue weighted by Crippen LogP contribution is -1.96. The van der Waals surface area contributed by atoms with E-state index in [1.165, 1.54) is 0 Å². The largest absolute Gasteiger partial charge is 0.277 e. The summed E-state index contributed by atoms with van der Waals surface area (Å²) < 4.78 is -1.17. The molecule has 5 aromatic carbocycles. The van der Waals surface area contributed by atoms with Crippen molar-refractivity contribution in [3.63, 3.8) is 0 Å². The summed E-state index contributed by atoms with van der Waals surface area (Å²) in [5.41, 5.74) is 3.19. The second-order valence-corrected chi connectivity index (χ2v) is 11.3. The molecule has 0 fully saturated rings. The van der Waals surface area contributed by atoms with Crippen molar-refractivity contribution in [2.24, 2.45) is 0 Å². The van der Waals surface area contributed by atoms with Crippen LogP contribution in [0.1, 0.15) is 22.3 Å². The first-order valence-electron chi connectivity index (χ1n) is 12.4. The zero-order valence-corrected chi connectivity index (χ0v) is 22.3. The molecule has 2 aromatic heterocycles. The molecule has 0 spiro atoms. The van der Waals surface area contributed by atoms with Gasteiger partial charge in [0.15, 0.2) is 0 Å². The van der Waals surface area contributed by atoms with Gasteiger partial charge in [0.25, 0.3) is 0 Å². The Balaban J connectivity index is 1.69. The number of hydrogen-bond donors (Lipinski definition) is 0. The molecule has 0 unspecified atom stereocenters. The van der Waals surface area contributed by atoms with Crippen molar-refractivity contribution in [1.29, 1.82) is 0 Å². The van der Waals surface area contributed by atoms with Crippen LogP contribution in [0.25, 0.3) is 55.2 Å². The highest BCUT2D eigenvalue weighted by Gasteiger charge is 2.18. The lowest BCUT2D eigenvalue weighted by molar-refractivity contribution is 1.65. The van der Waals surface area contributed by atoms with Crippen LogP contribution in [0.3, 0.4) is 0 Å². The second-order valence-electron chi connectivity index (χ2n) is 9.39. The van der Waals surface area contributed by atoms with Gasteiger partial charge in [0.1, 0.15) is 0 Å². The zero-order chi connectivity index (χ0) is 27.4. The molecular weight excluding hydrogens is 537 g/mol. The van der Waals surface area contributed by atoms with Gasteiger partial charge in [0, 0.05) is 32.7 Å². The zero-order valence-electron chi connectivity index (χ0n) is 20.7. The van der Waals surface area contributed by atoms with E-state index < -0.39 is 0 Å². The highest BCUT2D eigenvalue weighted by Crippen LogP contribution is 2.37. The first-order valence-corrected chi connectivity index (χ1v) is 14.1. The molecule has 2 heterocycles. The average Bonchev–Trinajstić information content (AvgIpc) is 3.41. The van der Waals surface area contributed by atoms with Crippen LogP contribution in [-0.4, -0.2) is 0 Å². The molecule has 0 amide bonds. The fourth-order valence-corrected chi connectivity index (χ4v) is 6.58. The SMILES string of the molecule is O=c1sc(=O)c2cc3c(C=Cc4ccccc4)c4cc5c(=O)sc(=O)c5cc4c(C#Cc4ccccc4)c3cc12. The number of rotatable bonds is 2. The quantitative estimate of drug-likeness (QED) is 0.143. The maximum Gasteiger partial charge on any atom is 0.243 e. The fraction of sp³-hybridized carbons (Fsp3) is 0. The Morgan fingerprint density at radius 3 is 1.43 bits per heavy atom. The van der Waals surface area contributed by atoms with Crippen molar-refractivity contribution in [3.05, 3.63) is 145 Å². The van der Waals surface area contributed by atoms with Gasteiger partial charge in [-0.05, 0) is 69.1 Å². The number of hydrogen-bond acceptors (Lipinski definition) is 6. The molecular formula is C34H16O4S2. The van der Waals surface area contributed by atoms with Crippen molar-refractivity contribution in [3.8, 4) is 11.8 Å². The summed E-state index contributed by atoms with van der Waals surface area (Å²) >= 11 is 1.38. The van der Waals surface area contributed by atoms with Gasteiger partial charge in [-0.3, -0.25) is 19.2 Å². The van der Waals surface area contributed by atoms with Crippen LogP contribution in [-0.2, 0) is 0 Å². The van der Waals surface area contributed by atoms with E-state index in [9.17, 15) is 19.2 Å². The molecule has 0 aliphatic carbocycles. The first kappa shape index (κ1) is 24.1. The molecule has 7 rings (SSSR count). The van der Waals surface area contributed by atoms with E-state index in [1.807, 2.05) is 72.8 Å². The second kappa shape index (κ2) is 9.35. The normalized spacial score (nSPS) is 11.6. The summed E-state index contributed by atoms with van der Waals surface area (Å²) in [6, 6.07) is 26.3. The van der Waals surface area contributed by atoms with Crippen LogP contribution < -0.4 is 19.0 Å². The van der Waals surface area contributed by atoms with E-state index in [0.29, 0.717) is 60.6 Å². The molecule has 7 aromatic rings. The fourth-order valence-electron chi connectivity index (χ4n) is 5.13. The van der Waals surface area contributed by atoms with Gasteiger partial charge in [0.05, 0.1) is 0 Å². The van der Waals surface area contributed by atoms with Crippen LogP contribution in [0.2, 0.25) is 0 Å². The van der Waals surface area contributed by atoms with Crippen molar-refractivity contribution in [1.82, 2.24) is 0 Å². The predicted molar refractivity (Wildman–Crippen MR) is 167 cm³/mol. The van der Waals surface area contributed by atoms with Crippen molar-refractivity contribution in [2.75, 3.05) is 0 Å². The van der Waals surface area contributed by atoms with Gasteiger partial charge >= 0.3 is 0 Å². The molecule has 0 saturated carbocycles. The van der Waals surface area contributed by atoms with E-state index in [4.69, 9.17) is 0 Å². The van der Waals surface area contributed by atoms with Gasteiger partial charge in [0.2, 0.25) is 19.0 Å². The Hall–Kier alpha value is -4.96. The van der Waals surface area contributed by atoms with E-state index in [2.05, 4.69) is 11.8 Å². The van der Waals surface area contributed by atoms with E-state index in [1.54, 1.807) is 24.3 Å². The minimum absolute atomic E-state index is 0.289. The van der Waals surface area contributed by atoms with Crippen LogP contribution >= 0.6 is 22.7 Å². The Kier molecular flexibility index (Phi) is 5.64. The third kappa shape index (κ3) is 3.92. The molecule has 188 valence electrons. The molecule has 0 radical (unpaired) electrons. The Labute approximate surface area is 234 Å². The molecule has 0 N–H and O–H groups in total. The summed E-state index contributed by atoms with van der Waals surface area (Å²) in [7, 11) is 0. The van der Waals surface area contributed by atoms with Gasteiger partial charge in [-0.1, -0.05) is 95.2 Å². The predicted octanol–water partition coefficient (Wildman–Crippen LogP) is 6.31. The molecule has 6 heteroatoms. The summed E-state index contributed by atoms with van der Waals surface area (Å²) in [6.45, 7) is 0. The molecule has 0 saturated heterocycles. The Morgan fingerprint density at radius 1 is 0.475 bits per heavy atom. The van der Waals surface area contributed by atoms with Crippen LogP contribution in [0.4, 0.5) is 0 Å². The molecule has 0 aliphatic heterocycles. The highest BCUT2D eigenvalue weighted by molar-refractivity contribution is 7.08. The van der Waals surface area contributed by atoms with E-state index >= 15 is 0 Å². The Morgan fingerprint density at radius 2 is 0.925 bits per heavy atom. The minimum Gasteiger partial charge on any atom is -0.277 e. The van der Waals surface area contributed by atoms with Gasteiger partial charge in [-0.15, -0.1) is 0 Å². The summed E-state index contributed by atoms with van der Waals surface area (Å²) in [6.07, 6.45) is 3.92. The number of thiophene rings is 2. The van der Waals surface area contributed by atoms with Crippen molar-refractivity contribution < 1.29 is 0 Å². The molecule has 0 aliphatic rings. The van der Waals surface area contributed by atoms with Gasteiger partial charge in [-0.2, -0.15) is 0 Å². The van der Waals surface area contributed by atoms with E-state index in [-0.39, 0.29) is 19.0 Å². The topological polar surface area (TPSA) is 68.3 Å². The molecule has 0 bridgehead atoms. The summed E-state index contributed by atoms with van der Waals surface area (Å²) in [5.74, 6) is 6.52. The number of benzene rings is 5. The maximum absolute atomic E-state index is 12.7. The minimum atomic E-state index is -0.295. The molecule has 40 heavy (non-hydrogen) atoms. The van der Waals surface area contributed by atoms with Crippen LogP contribution in [0.5, 0.6) is 0 Å². The third-order valence-corrected chi connectivity index (χ3v) is 8.65. The van der Waals surface area contributed by atoms with Crippen molar-refractivity contribution >= 4 is 77.9 Å². The highest BCUT2D eigenvalue weighted by atomic mass is 32.1. The Bertz CT molecular complexity index is 2330.